The van der Waals surface area contributed by atoms with Gasteiger partial charge in [0, 0.05) is 23.4 Å². The minimum atomic E-state index is -4.45. The molecule has 0 aliphatic rings. The molecule has 0 aliphatic heterocycles. The summed E-state index contributed by atoms with van der Waals surface area (Å²) >= 11 is 0. The molecule has 0 bridgehead atoms. The lowest BCUT2D eigenvalue weighted by Gasteiger charge is -2.34. The van der Waals surface area contributed by atoms with Crippen molar-refractivity contribution in [2.75, 3.05) is 0 Å². The molecule has 2 atom stereocenters. The topological polar surface area (TPSA) is 68.8 Å². The fourth-order valence-electron chi connectivity index (χ4n) is 3.60. The fourth-order valence-corrected chi connectivity index (χ4v) is 3.60. The van der Waals surface area contributed by atoms with Gasteiger partial charge in [0.05, 0.1) is 23.8 Å². The molecule has 0 radical (unpaired) electrons. The van der Waals surface area contributed by atoms with Crippen LogP contribution in [0.3, 0.4) is 0 Å². The van der Waals surface area contributed by atoms with E-state index in [1.807, 2.05) is 0 Å². The summed E-state index contributed by atoms with van der Waals surface area (Å²) in [5, 5.41) is 19.9. The summed E-state index contributed by atoms with van der Waals surface area (Å²) in [5.41, 5.74) is -2.08. The van der Waals surface area contributed by atoms with E-state index in [2.05, 4.69) is 15.2 Å². The zero-order valence-electron chi connectivity index (χ0n) is 17.2. The highest BCUT2D eigenvalue weighted by molar-refractivity contribution is 5.59. The van der Waals surface area contributed by atoms with Gasteiger partial charge >= 0.3 is 6.18 Å². The molecule has 0 fully saturated rings. The molecule has 33 heavy (non-hydrogen) atoms. The second-order valence-corrected chi connectivity index (χ2v) is 7.57. The monoisotopic (exact) mass is 463 g/mol. The van der Waals surface area contributed by atoms with Crippen LogP contribution in [0.2, 0.25) is 0 Å². The van der Waals surface area contributed by atoms with Crippen molar-refractivity contribution in [1.29, 1.82) is 0 Å². The number of alkyl halides is 3. The molecule has 0 unspecified atom stereocenters. The van der Waals surface area contributed by atoms with Crippen molar-refractivity contribution in [3.63, 3.8) is 0 Å². The van der Waals surface area contributed by atoms with Gasteiger partial charge in [-0.25, -0.2) is 18.4 Å². The average Bonchev–Trinajstić information content (AvgIpc) is 3.44. The highest BCUT2D eigenvalue weighted by atomic mass is 19.4. The van der Waals surface area contributed by atoms with Crippen LogP contribution in [0.5, 0.6) is 0 Å². The van der Waals surface area contributed by atoms with Crippen LogP contribution in [0, 0.1) is 11.6 Å². The number of nitrogens with zero attached hydrogens (tertiary/aromatic N) is 5. The first-order valence-electron chi connectivity index (χ1n) is 9.81. The van der Waals surface area contributed by atoms with Crippen molar-refractivity contribution >= 4 is 0 Å². The van der Waals surface area contributed by atoms with E-state index < -0.39 is 35.0 Å². The molecule has 11 heteroatoms. The second kappa shape index (κ2) is 8.39. The second-order valence-electron chi connectivity index (χ2n) is 7.57. The number of rotatable bonds is 6. The predicted octanol–water partition coefficient (Wildman–Crippen LogP) is 4.59. The molecule has 0 aliphatic carbocycles. The predicted molar refractivity (Wildman–Crippen MR) is 108 cm³/mol. The normalized spacial score (nSPS) is 14.8. The Bertz CT molecular complexity index is 1240. The lowest BCUT2D eigenvalue weighted by molar-refractivity contribution is -0.137. The lowest BCUT2D eigenvalue weighted by atomic mass is 9.86. The molecule has 4 aromatic rings. The molecule has 1 N–H and O–H groups in total. The van der Waals surface area contributed by atoms with Gasteiger partial charge in [-0.05, 0) is 31.2 Å². The standard InChI is InChI=1S/C22H18F5N5O/c1-14(32-9-8-20(30-32)15-2-4-16(5-3-15)22(25,26)27)21(33,11-31-13-28-12-29-31)18-7-6-17(23)10-19(18)24/h2-10,12-14,33H,11H2,1H3/t14-,21-/m1/s1. The maximum absolute atomic E-state index is 14.7. The Morgan fingerprint density at radius 1 is 1.03 bits per heavy atom. The summed E-state index contributed by atoms with van der Waals surface area (Å²) in [6, 6.07) is 8.03. The SMILES string of the molecule is C[C@@H](n1ccc(-c2ccc(C(F)(F)F)cc2)n1)[C@](O)(Cn1cncn1)c1ccc(F)cc1F. The number of hydrogen-bond acceptors (Lipinski definition) is 4. The van der Waals surface area contributed by atoms with E-state index in [-0.39, 0.29) is 12.1 Å². The quantitative estimate of drug-likeness (QED) is 0.425. The van der Waals surface area contributed by atoms with Gasteiger partial charge in [0.15, 0.2) is 0 Å². The van der Waals surface area contributed by atoms with Crippen LogP contribution in [-0.4, -0.2) is 29.7 Å². The van der Waals surface area contributed by atoms with Gasteiger partial charge in [0.1, 0.15) is 29.9 Å². The molecule has 172 valence electrons. The van der Waals surface area contributed by atoms with E-state index in [0.717, 1.165) is 24.3 Å². The first-order chi connectivity index (χ1) is 15.6. The largest absolute Gasteiger partial charge is 0.416 e. The van der Waals surface area contributed by atoms with Crippen molar-refractivity contribution in [3.05, 3.63) is 90.1 Å². The summed E-state index contributed by atoms with van der Waals surface area (Å²) in [5.74, 6) is -1.74. The van der Waals surface area contributed by atoms with Gasteiger partial charge in [-0.1, -0.05) is 18.2 Å². The van der Waals surface area contributed by atoms with E-state index in [4.69, 9.17) is 0 Å². The first kappa shape index (κ1) is 22.6. The van der Waals surface area contributed by atoms with Crippen molar-refractivity contribution in [3.8, 4) is 11.3 Å². The molecular formula is C22H18F5N5O. The smallest absolute Gasteiger partial charge is 0.381 e. The third kappa shape index (κ3) is 4.49. The number of halogens is 5. The minimum absolute atomic E-state index is 0.168. The highest BCUT2D eigenvalue weighted by Gasteiger charge is 2.41. The molecule has 4 rings (SSSR count). The van der Waals surface area contributed by atoms with Crippen LogP contribution in [0.1, 0.15) is 24.1 Å². The van der Waals surface area contributed by atoms with Gasteiger partial charge in [-0.2, -0.15) is 23.4 Å². The van der Waals surface area contributed by atoms with Gasteiger partial charge in [0.2, 0.25) is 0 Å². The molecule has 0 saturated heterocycles. The Labute approximate surface area is 184 Å². The number of aromatic nitrogens is 5. The van der Waals surface area contributed by atoms with E-state index in [1.54, 1.807) is 13.0 Å². The van der Waals surface area contributed by atoms with E-state index in [0.29, 0.717) is 17.3 Å². The lowest BCUT2D eigenvalue weighted by Crippen LogP contribution is -2.40. The van der Waals surface area contributed by atoms with Crippen LogP contribution in [0.4, 0.5) is 22.0 Å². The summed E-state index contributed by atoms with van der Waals surface area (Å²) in [6.07, 6.45) is -0.340. The summed E-state index contributed by atoms with van der Waals surface area (Å²) < 4.78 is 69.3. The molecule has 2 aromatic carbocycles. The van der Waals surface area contributed by atoms with E-state index in [9.17, 15) is 27.1 Å². The van der Waals surface area contributed by atoms with Crippen LogP contribution in [-0.2, 0) is 18.3 Å². The highest BCUT2D eigenvalue weighted by Crippen LogP contribution is 2.37. The molecule has 2 heterocycles. The molecule has 0 amide bonds. The van der Waals surface area contributed by atoms with Crippen LogP contribution < -0.4 is 0 Å². The van der Waals surface area contributed by atoms with E-state index >= 15 is 0 Å². The molecule has 6 nitrogen and oxygen atoms in total. The Hall–Kier alpha value is -3.60. The van der Waals surface area contributed by atoms with Gasteiger partial charge in [-0.15, -0.1) is 0 Å². The van der Waals surface area contributed by atoms with Crippen LogP contribution in [0.25, 0.3) is 11.3 Å². The van der Waals surface area contributed by atoms with Gasteiger partial charge in [-0.3, -0.25) is 4.68 Å². The molecule has 0 saturated carbocycles. The number of benzene rings is 2. The first-order valence-corrected chi connectivity index (χ1v) is 9.81. The maximum Gasteiger partial charge on any atom is 0.416 e. The van der Waals surface area contributed by atoms with Crippen LogP contribution in [0.15, 0.2) is 67.4 Å². The molecule has 2 aromatic heterocycles. The summed E-state index contributed by atoms with van der Waals surface area (Å²) in [4.78, 5) is 3.82. The molecular weight excluding hydrogens is 445 g/mol. The third-order valence-electron chi connectivity index (χ3n) is 5.47. The Morgan fingerprint density at radius 2 is 1.76 bits per heavy atom. The Morgan fingerprint density at radius 3 is 2.36 bits per heavy atom. The van der Waals surface area contributed by atoms with E-state index in [1.165, 1.54) is 40.3 Å². The number of aliphatic hydroxyl groups is 1. The summed E-state index contributed by atoms with van der Waals surface area (Å²) in [6.45, 7) is 1.37. The van der Waals surface area contributed by atoms with Crippen molar-refractivity contribution < 1.29 is 27.1 Å². The van der Waals surface area contributed by atoms with Gasteiger partial charge < -0.3 is 5.11 Å². The minimum Gasteiger partial charge on any atom is -0.381 e. The third-order valence-corrected chi connectivity index (χ3v) is 5.47. The van der Waals surface area contributed by atoms with Crippen molar-refractivity contribution in [2.45, 2.75) is 31.3 Å². The Kier molecular flexibility index (Phi) is 5.75. The maximum atomic E-state index is 14.7. The summed E-state index contributed by atoms with van der Waals surface area (Å²) in [7, 11) is 0. The average molecular weight is 463 g/mol. The Balaban J connectivity index is 1.70. The van der Waals surface area contributed by atoms with Crippen LogP contribution >= 0.6 is 0 Å². The zero-order chi connectivity index (χ0) is 23.8. The zero-order valence-corrected chi connectivity index (χ0v) is 17.2. The van der Waals surface area contributed by atoms with Crippen molar-refractivity contribution in [1.82, 2.24) is 24.5 Å². The molecule has 0 spiro atoms. The van der Waals surface area contributed by atoms with Crippen molar-refractivity contribution in [2.24, 2.45) is 0 Å². The van der Waals surface area contributed by atoms with Gasteiger partial charge in [0.25, 0.3) is 0 Å². The fraction of sp³-hybridized carbons (Fsp3) is 0.227. The number of hydrogen-bond donors (Lipinski definition) is 1.